The van der Waals surface area contributed by atoms with E-state index in [1.165, 1.54) is 0 Å². The average Bonchev–Trinajstić information content (AvgIpc) is 2.28. The Balaban J connectivity index is 2.71. The molecule has 1 aliphatic heterocycles. The first-order chi connectivity index (χ1) is 6.69. The zero-order valence-corrected chi connectivity index (χ0v) is 8.66. The third-order valence-electron chi connectivity index (χ3n) is 2.33. The molecule has 0 aromatic carbocycles. The minimum absolute atomic E-state index is 0.209. The molecule has 6 nitrogen and oxygen atoms in total. The molecule has 82 valence electrons. The second kappa shape index (κ2) is 4.81. The number of ether oxygens (including phenoxy) is 2. The molecule has 0 spiro atoms. The van der Waals surface area contributed by atoms with Gasteiger partial charge in [0.2, 0.25) is 6.29 Å². The van der Waals surface area contributed by atoms with Crippen LogP contribution in [-0.4, -0.2) is 45.8 Å². The van der Waals surface area contributed by atoms with Crippen LogP contribution in [0.1, 0.15) is 6.42 Å². The second-order valence-corrected chi connectivity index (χ2v) is 3.07. The Morgan fingerprint density at radius 2 is 2.00 bits per heavy atom. The van der Waals surface area contributed by atoms with E-state index in [9.17, 15) is 4.79 Å². The topological polar surface area (TPSA) is 71.6 Å². The highest BCUT2D eigenvalue weighted by Gasteiger charge is 2.39. The Bertz CT molecular complexity index is 196. The molecule has 2 unspecified atom stereocenters. The smallest absolute Gasteiger partial charge is 0.219 e. The Kier molecular flexibility index (Phi) is 3.97. The van der Waals surface area contributed by atoms with Gasteiger partial charge in [-0.2, -0.15) is 0 Å². The van der Waals surface area contributed by atoms with E-state index in [0.29, 0.717) is 12.7 Å². The third-order valence-corrected chi connectivity index (χ3v) is 2.33. The van der Waals surface area contributed by atoms with Gasteiger partial charge in [0.15, 0.2) is 12.1 Å². The summed E-state index contributed by atoms with van der Waals surface area (Å²) in [6.45, 7) is 0. The normalized spacial score (nSPS) is 31.4. The Hall–Kier alpha value is -0.530. The maximum absolute atomic E-state index is 10.6. The summed E-state index contributed by atoms with van der Waals surface area (Å²) >= 11 is 0. The van der Waals surface area contributed by atoms with Crippen molar-refractivity contribution in [3.63, 3.8) is 0 Å². The monoisotopic (exact) mass is 203 g/mol. The fraction of sp³-hybridized carbons (Fsp3) is 0.875. The zero-order chi connectivity index (χ0) is 10.6. The fourth-order valence-electron chi connectivity index (χ4n) is 1.42. The second-order valence-electron chi connectivity index (χ2n) is 3.07. The summed E-state index contributed by atoms with van der Waals surface area (Å²) in [6.07, 6.45) is 0.147. The van der Waals surface area contributed by atoms with Gasteiger partial charge >= 0.3 is 0 Å². The standard InChI is InChI=1S/C8H17N3O3/c1-9-6-4-8(10-2,11-3)14-7(5-12)13-6/h5-7,9-11H,4H2,1-3H3. The van der Waals surface area contributed by atoms with Crippen molar-refractivity contribution in [2.24, 2.45) is 0 Å². The van der Waals surface area contributed by atoms with Crippen LogP contribution in [0.4, 0.5) is 0 Å². The van der Waals surface area contributed by atoms with Gasteiger partial charge in [0, 0.05) is 6.42 Å². The molecular formula is C8H17N3O3. The van der Waals surface area contributed by atoms with Crippen LogP contribution in [0.2, 0.25) is 0 Å². The van der Waals surface area contributed by atoms with Crippen LogP contribution in [-0.2, 0) is 14.3 Å². The lowest BCUT2D eigenvalue weighted by molar-refractivity contribution is -0.285. The quantitative estimate of drug-likeness (QED) is 0.385. The maximum Gasteiger partial charge on any atom is 0.219 e. The molecule has 0 saturated carbocycles. The van der Waals surface area contributed by atoms with Crippen LogP contribution in [0.5, 0.6) is 0 Å². The Labute approximate surface area is 83.3 Å². The van der Waals surface area contributed by atoms with E-state index in [4.69, 9.17) is 9.47 Å². The van der Waals surface area contributed by atoms with Gasteiger partial charge in [0.25, 0.3) is 0 Å². The van der Waals surface area contributed by atoms with Gasteiger partial charge < -0.3 is 9.47 Å². The van der Waals surface area contributed by atoms with Gasteiger partial charge in [-0.1, -0.05) is 0 Å². The van der Waals surface area contributed by atoms with Crippen molar-refractivity contribution in [1.29, 1.82) is 0 Å². The molecule has 0 bridgehead atoms. The summed E-state index contributed by atoms with van der Waals surface area (Å²) < 4.78 is 10.7. The zero-order valence-electron chi connectivity index (χ0n) is 8.66. The number of hydrogen-bond acceptors (Lipinski definition) is 6. The van der Waals surface area contributed by atoms with Crippen molar-refractivity contribution in [2.45, 2.75) is 24.8 Å². The van der Waals surface area contributed by atoms with E-state index in [1.807, 2.05) is 0 Å². The largest absolute Gasteiger partial charge is 0.327 e. The van der Waals surface area contributed by atoms with Crippen LogP contribution < -0.4 is 16.0 Å². The van der Waals surface area contributed by atoms with E-state index in [-0.39, 0.29) is 6.23 Å². The highest BCUT2D eigenvalue weighted by Crippen LogP contribution is 2.21. The highest BCUT2D eigenvalue weighted by atomic mass is 16.7. The third kappa shape index (κ3) is 2.28. The first-order valence-electron chi connectivity index (χ1n) is 4.53. The van der Waals surface area contributed by atoms with Gasteiger partial charge in [0.05, 0.1) is 0 Å². The lowest BCUT2D eigenvalue weighted by Gasteiger charge is -2.42. The molecule has 1 aliphatic rings. The molecular weight excluding hydrogens is 186 g/mol. The minimum atomic E-state index is -0.846. The molecule has 1 fully saturated rings. The molecule has 14 heavy (non-hydrogen) atoms. The number of aldehydes is 1. The molecule has 1 saturated heterocycles. The van der Waals surface area contributed by atoms with Gasteiger partial charge in [-0.3, -0.25) is 20.7 Å². The van der Waals surface area contributed by atoms with E-state index >= 15 is 0 Å². The lowest BCUT2D eigenvalue weighted by Crippen LogP contribution is -2.64. The molecule has 0 aromatic rings. The number of rotatable bonds is 4. The number of nitrogens with one attached hydrogen (secondary N) is 3. The van der Waals surface area contributed by atoms with E-state index < -0.39 is 12.1 Å². The van der Waals surface area contributed by atoms with Crippen molar-refractivity contribution >= 4 is 6.29 Å². The van der Waals surface area contributed by atoms with Crippen molar-refractivity contribution in [1.82, 2.24) is 16.0 Å². The Morgan fingerprint density at radius 1 is 1.36 bits per heavy atom. The van der Waals surface area contributed by atoms with Gasteiger partial charge in [-0.15, -0.1) is 0 Å². The Morgan fingerprint density at radius 3 is 2.43 bits per heavy atom. The summed E-state index contributed by atoms with van der Waals surface area (Å²) in [7, 11) is 5.29. The van der Waals surface area contributed by atoms with Crippen molar-refractivity contribution < 1.29 is 14.3 Å². The highest BCUT2D eigenvalue weighted by molar-refractivity contribution is 5.54. The summed E-state index contributed by atoms with van der Waals surface area (Å²) in [5.41, 5.74) is 0. The van der Waals surface area contributed by atoms with Crippen LogP contribution >= 0.6 is 0 Å². The number of carbonyl (C=O) groups is 1. The van der Waals surface area contributed by atoms with Crippen LogP contribution in [0.25, 0.3) is 0 Å². The lowest BCUT2D eigenvalue weighted by atomic mass is 10.2. The van der Waals surface area contributed by atoms with Crippen molar-refractivity contribution in [3.05, 3.63) is 0 Å². The van der Waals surface area contributed by atoms with Crippen LogP contribution in [0.3, 0.4) is 0 Å². The first-order valence-corrected chi connectivity index (χ1v) is 4.53. The summed E-state index contributed by atoms with van der Waals surface area (Å²) in [6, 6.07) is 0. The molecule has 0 aliphatic carbocycles. The molecule has 0 radical (unpaired) electrons. The SMILES string of the molecule is CNC1CC(NC)(NC)OC(C=O)O1. The van der Waals surface area contributed by atoms with Gasteiger partial charge in [-0.25, -0.2) is 0 Å². The van der Waals surface area contributed by atoms with E-state index in [2.05, 4.69) is 16.0 Å². The van der Waals surface area contributed by atoms with Crippen molar-refractivity contribution in [2.75, 3.05) is 21.1 Å². The van der Waals surface area contributed by atoms with E-state index in [1.54, 1.807) is 21.1 Å². The first kappa shape index (κ1) is 11.5. The maximum atomic E-state index is 10.6. The summed E-state index contributed by atoms with van der Waals surface area (Å²) in [5.74, 6) is -0.711. The molecule has 3 N–H and O–H groups in total. The van der Waals surface area contributed by atoms with Gasteiger partial charge in [-0.05, 0) is 21.1 Å². The predicted molar refractivity (Wildman–Crippen MR) is 50.3 cm³/mol. The van der Waals surface area contributed by atoms with E-state index in [0.717, 1.165) is 0 Å². The molecule has 2 atom stereocenters. The van der Waals surface area contributed by atoms with Gasteiger partial charge in [0.1, 0.15) is 6.23 Å². The minimum Gasteiger partial charge on any atom is -0.327 e. The number of hydrogen-bond donors (Lipinski definition) is 3. The average molecular weight is 203 g/mol. The van der Waals surface area contributed by atoms with Crippen LogP contribution in [0.15, 0.2) is 0 Å². The number of carbonyl (C=O) groups excluding carboxylic acids is 1. The molecule has 0 amide bonds. The van der Waals surface area contributed by atoms with Crippen molar-refractivity contribution in [3.8, 4) is 0 Å². The van der Waals surface area contributed by atoms with Crippen LogP contribution in [0, 0.1) is 0 Å². The molecule has 0 aromatic heterocycles. The fourth-order valence-corrected chi connectivity index (χ4v) is 1.42. The summed E-state index contributed by atoms with van der Waals surface area (Å²) in [5, 5.41) is 8.92. The molecule has 6 heteroatoms. The predicted octanol–water partition coefficient (Wildman–Crippen LogP) is -1.41. The molecule has 1 rings (SSSR count). The molecule has 1 heterocycles. The summed E-state index contributed by atoms with van der Waals surface area (Å²) in [4.78, 5) is 10.6.